The molecule has 2 nitrogen and oxygen atoms in total. The van der Waals surface area contributed by atoms with Crippen LogP contribution in [0.4, 0.5) is 0 Å². The van der Waals surface area contributed by atoms with Gasteiger partial charge in [0.1, 0.15) is 0 Å². The van der Waals surface area contributed by atoms with Crippen LogP contribution < -0.4 is 0 Å². The molecule has 2 atom stereocenters. The lowest BCUT2D eigenvalue weighted by Crippen LogP contribution is -2.10. The largest absolute Gasteiger partial charge is 0.463 e. The van der Waals surface area contributed by atoms with Gasteiger partial charge in [-0.2, -0.15) is 0 Å². The Labute approximate surface area is 165 Å². The van der Waals surface area contributed by atoms with Crippen LogP contribution in [0.15, 0.2) is 42.0 Å². The highest BCUT2D eigenvalue weighted by Gasteiger charge is 2.52. The number of rotatable bonds is 8. The molecule has 0 heterocycles. The van der Waals surface area contributed by atoms with E-state index in [1.165, 1.54) is 23.1 Å². The lowest BCUT2D eigenvalue weighted by atomic mass is 9.84. The average Bonchev–Trinajstić information content (AvgIpc) is 3.34. The minimum Gasteiger partial charge on any atom is -0.463 e. The summed E-state index contributed by atoms with van der Waals surface area (Å²) in [4.78, 5) is 11.6. The van der Waals surface area contributed by atoms with Gasteiger partial charge >= 0.3 is 5.97 Å². The van der Waals surface area contributed by atoms with Crippen LogP contribution in [-0.4, -0.2) is 12.6 Å². The fraction of sp³-hybridized carbons (Fsp3) is 0.560. The fourth-order valence-corrected chi connectivity index (χ4v) is 3.84. The summed E-state index contributed by atoms with van der Waals surface area (Å²) < 4.78 is 4.99. The number of carbonyl (C=O) groups excluding carboxylic acids is 1. The minimum absolute atomic E-state index is 0.245. The van der Waals surface area contributed by atoms with Crippen molar-refractivity contribution < 1.29 is 9.53 Å². The Morgan fingerprint density at radius 1 is 1.15 bits per heavy atom. The summed E-state index contributed by atoms with van der Waals surface area (Å²) in [6, 6.07) is 7.23. The number of hydrogen-bond donors (Lipinski definition) is 0. The topological polar surface area (TPSA) is 26.3 Å². The average molecular weight is 369 g/mol. The van der Waals surface area contributed by atoms with Gasteiger partial charge in [0.05, 0.1) is 6.61 Å². The van der Waals surface area contributed by atoms with Gasteiger partial charge in [-0.3, -0.25) is 0 Å². The third-order valence-electron chi connectivity index (χ3n) is 5.87. The Kier molecular flexibility index (Phi) is 7.08. The monoisotopic (exact) mass is 368 g/mol. The van der Waals surface area contributed by atoms with Crippen molar-refractivity contribution in [1.82, 2.24) is 0 Å². The third kappa shape index (κ3) is 5.12. The van der Waals surface area contributed by atoms with E-state index in [2.05, 4.69) is 65.0 Å². The molecule has 0 aromatic heterocycles. The molecule has 2 heteroatoms. The highest BCUT2D eigenvalue weighted by Crippen LogP contribution is 2.58. The number of esters is 1. The van der Waals surface area contributed by atoms with E-state index >= 15 is 0 Å². The van der Waals surface area contributed by atoms with E-state index in [-0.39, 0.29) is 11.4 Å². The Morgan fingerprint density at radius 3 is 2.22 bits per heavy atom. The number of hydrogen-bond acceptors (Lipinski definition) is 2. The molecule has 0 radical (unpaired) electrons. The second kappa shape index (κ2) is 8.91. The summed E-state index contributed by atoms with van der Waals surface area (Å²) in [6.07, 6.45) is 8.26. The molecule has 148 valence electrons. The van der Waals surface area contributed by atoms with Crippen molar-refractivity contribution in [1.29, 1.82) is 0 Å². The summed E-state index contributed by atoms with van der Waals surface area (Å²) in [6.45, 7) is 15.6. The van der Waals surface area contributed by atoms with E-state index in [4.69, 9.17) is 4.74 Å². The van der Waals surface area contributed by atoms with Crippen LogP contribution in [0.25, 0.3) is 0 Å². The van der Waals surface area contributed by atoms with Crippen molar-refractivity contribution in [2.75, 3.05) is 6.61 Å². The Hall–Kier alpha value is -1.83. The molecule has 2 unspecified atom stereocenters. The molecule has 0 spiro atoms. The van der Waals surface area contributed by atoms with Crippen LogP contribution in [0.2, 0.25) is 0 Å². The predicted octanol–water partition coefficient (Wildman–Crippen LogP) is 6.67. The van der Waals surface area contributed by atoms with Gasteiger partial charge in [0, 0.05) is 11.5 Å². The second-order valence-electron chi connectivity index (χ2n) is 8.52. The summed E-state index contributed by atoms with van der Waals surface area (Å²) in [5, 5.41) is 0. The lowest BCUT2D eigenvalue weighted by Gasteiger charge is -2.20. The molecule has 0 aliphatic heterocycles. The second-order valence-corrected chi connectivity index (χ2v) is 8.52. The normalized spacial score (nSPS) is 22.7. The zero-order valence-electron chi connectivity index (χ0n) is 18.1. The maximum absolute atomic E-state index is 11.6. The van der Waals surface area contributed by atoms with E-state index < -0.39 is 0 Å². The molecule has 0 bridgehead atoms. The predicted molar refractivity (Wildman–Crippen MR) is 114 cm³/mol. The SMILES string of the molecule is CCOC(=O)/C=C(C)/C=C/C1CC1(CC)c1cc(C(C)C)cc(C(C)C)c1. The van der Waals surface area contributed by atoms with Crippen molar-refractivity contribution in [3.8, 4) is 0 Å². The zero-order valence-corrected chi connectivity index (χ0v) is 18.1. The van der Waals surface area contributed by atoms with Gasteiger partial charge in [0.2, 0.25) is 0 Å². The van der Waals surface area contributed by atoms with Crippen LogP contribution in [0.1, 0.15) is 89.8 Å². The van der Waals surface area contributed by atoms with Crippen LogP contribution in [0.3, 0.4) is 0 Å². The van der Waals surface area contributed by atoms with Gasteiger partial charge in [0.15, 0.2) is 0 Å². The molecule has 2 rings (SSSR count). The fourth-order valence-electron chi connectivity index (χ4n) is 3.84. The van der Waals surface area contributed by atoms with Crippen LogP contribution in [-0.2, 0) is 14.9 Å². The van der Waals surface area contributed by atoms with E-state index in [1.807, 2.05) is 13.8 Å². The van der Waals surface area contributed by atoms with Crippen molar-refractivity contribution in [2.24, 2.45) is 5.92 Å². The summed E-state index contributed by atoms with van der Waals surface area (Å²) in [5.74, 6) is 1.36. The molecule has 1 aromatic rings. The van der Waals surface area contributed by atoms with Gasteiger partial charge in [-0.25, -0.2) is 4.79 Å². The maximum Gasteiger partial charge on any atom is 0.330 e. The molecular weight excluding hydrogens is 332 g/mol. The molecule has 1 aliphatic carbocycles. The number of benzene rings is 1. The van der Waals surface area contributed by atoms with Crippen molar-refractivity contribution in [3.63, 3.8) is 0 Å². The highest BCUT2D eigenvalue weighted by atomic mass is 16.5. The highest BCUT2D eigenvalue weighted by molar-refractivity contribution is 5.83. The summed E-state index contributed by atoms with van der Waals surface area (Å²) >= 11 is 0. The van der Waals surface area contributed by atoms with E-state index in [1.54, 1.807) is 6.08 Å². The number of allylic oxidation sites excluding steroid dienone is 3. The minimum atomic E-state index is -0.261. The molecule has 1 saturated carbocycles. The van der Waals surface area contributed by atoms with Crippen molar-refractivity contribution in [2.45, 2.75) is 78.6 Å². The summed E-state index contributed by atoms with van der Waals surface area (Å²) in [5.41, 5.74) is 5.56. The van der Waals surface area contributed by atoms with E-state index in [0.717, 1.165) is 12.0 Å². The van der Waals surface area contributed by atoms with E-state index in [9.17, 15) is 4.79 Å². The van der Waals surface area contributed by atoms with E-state index in [0.29, 0.717) is 24.4 Å². The first-order valence-electron chi connectivity index (χ1n) is 10.4. The quantitative estimate of drug-likeness (QED) is 0.291. The van der Waals surface area contributed by atoms with Gasteiger partial charge < -0.3 is 4.74 Å². The molecule has 1 aliphatic rings. The van der Waals surface area contributed by atoms with Crippen molar-refractivity contribution in [3.05, 3.63) is 58.7 Å². The first-order valence-corrected chi connectivity index (χ1v) is 10.4. The van der Waals surface area contributed by atoms with Gasteiger partial charge in [0.25, 0.3) is 0 Å². The Morgan fingerprint density at radius 2 is 1.74 bits per heavy atom. The zero-order chi connectivity index (χ0) is 20.2. The smallest absolute Gasteiger partial charge is 0.330 e. The first kappa shape index (κ1) is 21.5. The lowest BCUT2D eigenvalue weighted by molar-refractivity contribution is -0.137. The molecule has 1 fully saturated rings. The summed E-state index contributed by atoms with van der Waals surface area (Å²) in [7, 11) is 0. The molecular formula is C25H36O2. The third-order valence-corrected chi connectivity index (χ3v) is 5.87. The Balaban J connectivity index is 2.25. The van der Waals surface area contributed by atoms with Crippen LogP contribution in [0, 0.1) is 5.92 Å². The molecule has 0 saturated heterocycles. The maximum atomic E-state index is 11.6. The van der Waals surface area contributed by atoms with Gasteiger partial charge in [-0.15, -0.1) is 0 Å². The van der Waals surface area contributed by atoms with Crippen LogP contribution in [0.5, 0.6) is 0 Å². The first-order chi connectivity index (χ1) is 12.7. The molecule has 0 amide bonds. The number of carbonyl (C=O) groups is 1. The Bertz CT molecular complexity index is 698. The van der Waals surface area contributed by atoms with Crippen LogP contribution >= 0.6 is 0 Å². The standard InChI is InChI=1S/C25H36O2/c1-8-25(16-22(25)11-10-19(7)12-24(26)27-9-2)23-14-20(17(3)4)13-21(15-23)18(5)6/h10-15,17-18,22H,8-9,16H2,1-7H3/b11-10+,19-12+. The molecule has 27 heavy (non-hydrogen) atoms. The van der Waals surface area contributed by atoms with Crippen molar-refractivity contribution >= 4 is 5.97 Å². The van der Waals surface area contributed by atoms with Gasteiger partial charge in [-0.1, -0.05) is 65.0 Å². The van der Waals surface area contributed by atoms with Gasteiger partial charge in [-0.05, 0) is 66.7 Å². The number of ether oxygens (including phenoxy) is 1. The molecule has 1 aromatic carbocycles. The molecule has 0 N–H and O–H groups in total.